The van der Waals surface area contributed by atoms with Crippen molar-refractivity contribution in [2.75, 3.05) is 13.2 Å². The number of ether oxygens (including phenoxy) is 1. The zero-order valence-corrected chi connectivity index (χ0v) is 13.2. The first-order chi connectivity index (χ1) is 7.86. The van der Waals surface area contributed by atoms with E-state index in [1.165, 1.54) is 0 Å². The molecule has 0 fully saturated rings. The second kappa shape index (κ2) is 9.46. The Balaban J connectivity index is 3.33. The molecule has 104 valence electrons. The molecule has 17 heavy (non-hydrogen) atoms. The van der Waals surface area contributed by atoms with Gasteiger partial charge in [-0.15, -0.1) is 0 Å². The fourth-order valence-electron chi connectivity index (χ4n) is 1.22. The first-order valence-corrected chi connectivity index (χ1v) is 9.19. The van der Waals surface area contributed by atoms with Gasteiger partial charge in [0.2, 0.25) is 0 Å². The lowest BCUT2D eigenvalue weighted by molar-refractivity contribution is 0.0755. The number of unbranched alkanes of at least 4 members (excludes halogenated alkanes) is 3. The van der Waals surface area contributed by atoms with Gasteiger partial charge in [-0.05, 0) is 38.5 Å². The SMILES string of the molecule is CC(C)OCCCCCCOP(O)(=S)C(C)C. The summed E-state index contributed by atoms with van der Waals surface area (Å²) in [6.45, 7) is 6.80. The Hall–Kier alpha value is 0.530. The molecule has 0 spiro atoms. The molecule has 0 aromatic heterocycles. The molecule has 0 saturated heterocycles. The van der Waals surface area contributed by atoms with E-state index in [4.69, 9.17) is 21.1 Å². The highest BCUT2D eigenvalue weighted by molar-refractivity contribution is 8.09. The van der Waals surface area contributed by atoms with E-state index in [1.807, 2.05) is 27.7 Å². The summed E-state index contributed by atoms with van der Waals surface area (Å²) in [5.74, 6) is 0. The van der Waals surface area contributed by atoms with Crippen LogP contribution in [0, 0.1) is 0 Å². The maximum atomic E-state index is 9.78. The van der Waals surface area contributed by atoms with Crippen molar-refractivity contribution in [1.82, 2.24) is 0 Å². The third-order valence-electron chi connectivity index (χ3n) is 2.42. The lowest BCUT2D eigenvalue weighted by Gasteiger charge is -2.19. The van der Waals surface area contributed by atoms with Crippen LogP contribution in [0.4, 0.5) is 0 Å². The monoisotopic (exact) mass is 282 g/mol. The fraction of sp³-hybridized carbons (Fsp3) is 1.00. The van der Waals surface area contributed by atoms with Gasteiger partial charge in [0.1, 0.15) is 0 Å². The Morgan fingerprint density at radius 1 is 1.00 bits per heavy atom. The summed E-state index contributed by atoms with van der Waals surface area (Å²) < 4.78 is 10.8. The van der Waals surface area contributed by atoms with E-state index in [-0.39, 0.29) is 5.66 Å². The van der Waals surface area contributed by atoms with Crippen LogP contribution in [0.3, 0.4) is 0 Å². The highest BCUT2D eigenvalue weighted by Crippen LogP contribution is 2.47. The average Bonchev–Trinajstić information content (AvgIpc) is 2.21. The van der Waals surface area contributed by atoms with Crippen molar-refractivity contribution in [2.45, 2.75) is 65.1 Å². The number of hydrogen-bond acceptors (Lipinski definition) is 3. The van der Waals surface area contributed by atoms with E-state index < -0.39 is 6.49 Å². The van der Waals surface area contributed by atoms with Crippen molar-refractivity contribution in [3.63, 3.8) is 0 Å². The van der Waals surface area contributed by atoms with Crippen LogP contribution in [-0.2, 0) is 21.1 Å². The summed E-state index contributed by atoms with van der Waals surface area (Å²) in [6.07, 6.45) is 4.63. The predicted octanol–water partition coefficient (Wildman–Crippen LogP) is 3.70. The smallest absolute Gasteiger partial charge is 0.188 e. The lowest BCUT2D eigenvalue weighted by atomic mass is 10.2. The molecule has 0 radical (unpaired) electrons. The maximum Gasteiger partial charge on any atom is 0.188 e. The Bertz CT molecular complexity index is 232. The molecule has 3 nitrogen and oxygen atoms in total. The van der Waals surface area contributed by atoms with Gasteiger partial charge in [0, 0.05) is 12.3 Å². The second-order valence-corrected chi connectivity index (χ2v) is 8.81. The largest absolute Gasteiger partial charge is 0.379 e. The molecule has 1 unspecified atom stereocenters. The van der Waals surface area contributed by atoms with E-state index in [2.05, 4.69) is 0 Å². The van der Waals surface area contributed by atoms with Crippen LogP contribution >= 0.6 is 6.49 Å². The van der Waals surface area contributed by atoms with E-state index in [0.29, 0.717) is 12.7 Å². The van der Waals surface area contributed by atoms with Gasteiger partial charge in [0.05, 0.1) is 12.7 Å². The van der Waals surface area contributed by atoms with Crippen molar-refractivity contribution in [1.29, 1.82) is 0 Å². The van der Waals surface area contributed by atoms with E-state index in [9.17, 15) is 4.89 Å². The Labute approximate surface area is 111 Å². The quantitative estimate of drug-likeness (QED) is 0.490. The van der Waals surface area contributed by atoms with Crippen LogP contribution in [0.15, 0.2) is 0 Å². The lowest BCUT2D eigenvalue weighted by Crippen LogP contribution is -2.04. The molecule has 0 saturated carbocycles. The number of rotatable bonds is 10. The van der Waals surface area contributed by atoms with Gasteiger partial charge in [-0.25, -0.2) is 0 Å². The minimum atomic E-state index is -2.53. The van der Waals surface area contributed by atoms with Gasteiger partial charge in [0.15, 0.2) is 6.49 Å². The van der Waals surface area contributed by atoms with Crippen molar-refractivity contribution in [3.8, 4) is 0 Å². The van der Waals surface area contributed by atoms with Gasteiger partial charge in [-0.2, -0.15) is 0 Å². The molecule has 0 aromatic rings. The minimum absolute atomic E-state index is 0.0527. The summed E-state index contributed by atoms with van der Waals surface area (Å²) in [4.78, 5) is 9.78. The molecule has 1 atom stereocenters. The molecular formula is C12H27O3PS. The topological polar surface area (TPSA) is 38.7 Å². The Morgan fingerprint density at radius 2 is 1.53 bits per heavy atom. The summed E-state index contributed by atoms with van der Waals surface area (Å²) in [5, 5.41) is 0. The van der Waals surface area contributed by atoms with Crippen molar-refractivity contribution in [3.05, 3.63) is 0 Å². The summed E-state index contributed by atoms with van der Waals surface area (Å²) in [7, 11) is 0. The van der Waals surface area contributed by atoms with Crippen LogP contribution in [0.2, 0.25) is 0 Å². The van der Waals surface area contributed by atoms with Crippen molar-refractivity contribution < 1.29 is 14.2 Å². The van der Waals surface area contributed by atoms with E-state index in [0.717, 1.165) is 32.3 Å². The summed E-state index contributed by atoms with van der Waals surface area (Å²) in [5.41, 5.74) is 0.0527. The third kappa shape index (κ3) is 10.2. The van der Waals surface area contributed by atoms with Crippen molar-refractivity contribution >= 4 is 18.3 Å². The highest BCUT2D eigenvalue weighted by atomic mass is 32.5. The maximum absolute atomic E-state index is 9.78. The molecule has 0 bridgehead atoms. The molecule has 5 heteroatoms. The molecule has 0 heterocycles. The minimum Gasteiger partial charge on any atom is -0.379 e. The molecule has 0 aliphatic rings. The standard InChI is InChI=1S/C12H27O3PS/c1-11(2)14-9-7-5-6-8-10-15-16(13,17)12(3)4/h11-12H,5-10H2,1-4H3,(H,13,17). The van der Waals surface area contributed by atoms with E-state index >= 15 is 0 Å². The first-order valence-electron chi connectivity index (χ1n) is 6.45. The van der Waals surface area contributed by atoms with Gasteiger partial charge >= 0.3 is 0 Å². The molecule has 0 aliphatic carbocycles. The average molecular weight is 282 g/mol. The molecular weight excluding hydrogens is 255 g/mol. The zero-order valence-electron chi connectivity index (χ0n) is 11.5. The van der Waals surface area contributed by atoms with Gasteiger partial charge in [-0.3, -0.25) is 0 Å². The third-order valence-corrected chi connectivity index (χ3v) is 5.86. The fourth-order valence-corrected chi connectivity index (χ4v) is 2.13. The van der Waals surface area contributed by atoms with Crippen LogP contribution in [0.25, 0.3) is 0 Å². The summed E-state index contributed by atoms with van der Waals surface area (Å²) in [6, 6.07) is 0. The van der Waals surface area contributed by atoms with Crippen LogP contribution in [-0.4, -0.2) is 29.9 Å². The molecule has 0 aliphatic heterocycles. The summed E-state index contributed by atoms with van der Waals surface area (Å²) >= 11 is 5.04. The molecule has 0 rings (SSSR count). The normalized spacial score (nSPS) is 15.5. The second-order valence-electron chi connectivity index (χ2n) is 4.82. The molecule has 0 amide bonds. The first kappa shape index (κ1) is 17.5. The molecule has 1 N–H and O–H groups in total. The predicted molar refractivity (Wildman–Crippen MR) is 77.1 cm³/mol. The Kier molecular flexibility index (Phi) is 9.75. The van der Waals surface area contributed by atoms with Gasteiger partial charge < -0.3 is 14.2 Å². The highest BCUT2D eigenvalue weighted by Gasteiger charge is 2.17. The van der Waals surface area contributed by atoms with E-state index in [1.54, 1.807) is 0 Å². The Morgan fingerprint density at radius 3 is 2.00 bits per heavy atom. The van der Waals surface area contributed by atoms with Gasteiger partial charge in [0.25, 0.3) is 0 Å². The molecule has 0 aromatic carbocycles. The van der Waals surface area contributed by atoms with Crippen LogP contribution in [0.5, 0.6) is 0 Å². The number of hydrogen-bond donors (Lipinski definition) is 1. The van der Waals surface area contributed by atoms with Crippen LogP contribution in [0.1, 0.15) is 53.4 Å². The van der Waals surface area contributed by atoms with Gasteiger partial charge in [-0.1, -0.05) is 26.7 Å². The van der Waals surface area contributed by atoms with Crippen molar-refractivity contribution in [2.24, 2.45) is 0 Å². The van der Waals surface area contributed by atoms with Crippen LogP contribution < -0.4 is 0 Å². The zero-order chi connectivity index (χ0) is 13.3.